The average Bonchev–Trinajstić information content (AvgIpc) is 2.91. The first-order chi connectivity index (χ1) is 20.8. The molecule has 3 aliphatic heterocycles. The van der Waals surface area contributed by atoms with E-state index in [9.17, 15) is 61.7 Å². The van der Waals surface area contributed by atoms with Gasteiger partial charge in [-0.1, -0.05) is 6.92 Å². The fraction of sp³-hybridized carbons (Fsp3) is 1.00. The van der Waals surface area contributed by atoms with Gasteiger partial charge >= 0.3 is 59.1 Å². The number of hydrogen-bond donors (Lipinski definition) is 7. The Hall–Kier alpha value is 1.22. The maximum absolute atomic E-state index is 11.5. The van der Waals surface area contributed by atoms with Gasteiger partial charge in [-0.15, -0.1) is 0 Å². The molecule has 4 rings (SSSR count). The number of aliphatic hydroxyl groups is 7. The molecule has 1 unspecified atom stereocenters. The van der Waals surface area contributed by atoms with Gasteiger partial charge in [0, 0.05) is 13.0 Å². The Labute approximate surface area is 313 Å². The maximum Gasteiger partial charge on any atom is 1.00 e. The molecule has 7 N–H and O–H groups in total. The predicted molar refractivity (Wildman–Crippen MR) is 133 cm³/mol. The molecule has 47 heavy (non-hydrogen) atoms. The molecule has 0 amide bonds. The molecular formula is C22H36Na2O21S2. The van der Waals surface area contributed by atoms with Crippen LogP contribution >= 0.6 is 0 Å². The van der Waals surface area contributed by atoms with Crippen molar-refractivity contribution < 1.29 is 158 Å². The van der Waals surface area contributed by atoms with Crippen molar-refractivity contribution in [3.63, 3.8) is 0 Å². The number of ether oxygens (including phenoxy) is 6. The first-order valence-electron chi connectivity index (χ1n) is 13.7. The fourth-order valence-electron chi connectivity index (χ4n) is 5.70. The predicted octanol–water partition coefficient (Wildman–Crippen LogP) is -11.8. The van der Waals surface area contributed by atoms with Crippen LogP contribution in [0.5, 0.6) is 0 Å². The van der Waals surface area contributed by atoms with Crippen LogP contribution in [-0.2, 0) is 57.6 Å². The van der Waals surface area contributed by atoms with Gasteiger partial charge in [-0.05, 0) is 13.3 Å². The molecule has 16 atom stereocenters. The summed E-state index contributed by atoms with van der Waals surface area (Å²) in [5, 5.41) is 73.6. The minimum Gasteiger partial charge on any atom is -0.726 e. The normalized spacial score (nSPS) is 45.6. The van der Waals surface area contributed by atoms with Crippen molar-refractivity contribution in [2.45, 2.75) is 118 Å². The quantitative estimate of drug-likeness (QED) is 0.0422. The summed E-state index contributed by atoms with van der Waals surface area (Å²) >= 11 is 0. The maximum atomic E-state index is 11.5. The van der Waals surface area contributed by atoms with Crippen LogP contribution < -0.4 is 59.1 Å². The van der Waals surface area contributed by atoms with Crippen LogP contribution in [0.1, 0.15) is 26.7 Å². The van der Waals surface area contributed by atoms with Crippen molar-refractivity contribution in [3.8, 4) is 0 Å². The molecule has 4 aliphatic rings. The topological polar surface area (TPSA) is 330 Å². The van der Waals surface area contributed by atoms with Crippen LogP contribution in [0.3, 0.4) is 0 Å². The summed E-state index contributed by atoms with van der Waals surface area (Å²) in [6.07, 6.45) is -24.7. The third-order valence-electron chi connectivity index (χ3n) is 7.84. The zero-order chi connectivity index (χ0) is 33.6. The Bertz CT molecular complexity index is 1230. The summed E-state index contributed by atoms with van der Waals surface area (Å²) in [7, 11) is -11.3. The van der Waals surface area contributed by atoms with E-state index < -0.39 is 132 Å². The van der Waals surface area contributed by atoms with E-state index in [1.807, 2.05) is 0 Å². The summed E-state index contributed by atoms with van der Waals surface area (Å²) in [5.74, 6) is -4.88. The minimum absolute atomic E-state index is 0. The average molecular weight is 747 g/mol. The summed E-state index contributed by atoms with van der Waals surface area (Å²) in [4.78, 5) is 0. The summed E-state index contributed by atoms with van der Waals surface area (Å²) < 4.78 is 110. The Balaban J connectivity index is 0.00000384. The number of rotatable bonds is 12. The van der Waals surface area contributed by atoms with Gasteiger partial charge < -0.3 is 73.3 Å². The molecule has 3 saturated heterocycles. The molecule has 0 aromatic carbocycles. The van der Waals surface area contributed by atoms with Gasteiger partial charge in [-0.2, -0.15) is 0 Å². The van der Waals surface area contributed by atoms with E-state index in [2.05, 4.69) is 8.37 Å². The monoisotopic (exact) mass is 746 g/mol. The van der Waals surface area contributed by atoms with Crippen LogP contribution in [0.25, 0.3) is 0 Å². The van der Waals surface area contributed by atoms with Gasteiger partial charge in [-0.25, -0.2) is 21.0 Å². The molecule has 264 valence electrons. The molecule has 3 heterocycles. The molecule has 0 spiro atoms. The van der Waals surface area contributed by atoms with E-state index in [-0.39, 0.29) is 65.7 Å². The summed E-state index contributed by atoms with van der Waals surface area (Å²) in [6.45, 7) is 2.29. The molecule has 0 radical (unpaired) electrons. The molecule has 4 fully saturated rings. The van der Waals surface area contributed by atoms with E-state index in [0.717, 1.165) is 0 Å². The molecule has 21 nitrogen and oxygen atoms in total. The smallest absolute Gasteiger partial charge is 0.726 e. The van der Waals surface area contributed by atoms with Gasteiger partial charge in [0.05, 0.1) is 24.7 Å². The van der Waals surface area contributed by atoms with Gasteiger partial charge in [0.2, 0.25) is 20.8 Å². The standard InChI is InChI=1S/C22H38O21S2.2Na/c1-3-4-36-19-15(28)18(16(9(6-23)39-19)40-20-13(26)12(25)11(24)7(2)37-20)41-21-14(27)17(42-44(30,31)32)10-8(38-21)5-22(10,29)43-45(33,34)35;;/h7-21,23-29H,3-6H2,1-2H3,(H,30,31,32)(H,33,34,35);;/q;2*+1/p-2/t7-,8+,9+,10-,11+,12+,13-,14+,15+,16+,17-,18+,19+,20-,21-,22?;;/m0../s1. The van der Waals surface area contributed by atoms with E-state index in [4.69, 9.17) is 28.4 Å². The van der Waals surface area contributed by atoms with Crippen LogP contribution in [0.4, 0.5) is 0 Å². The second kappa shape index (κ2) is 17.4. The zero-order valence-electron chi connectivity index (χ0n) is 25.7. The second-order valence-corrected chi connectivity index (χ2v) is 13.0. The molecule has 0 aromatic heterocycles. The SMILES string of the molecule is CCCO[C@@H]1O[C@H](CO)[C@@H](O[C@@H]2O[C@@H](C)[C@@H](O)[C@@H](O)[C@@H]2O)[C@H](O[C@@H]2O[C@@H]3CC(O)(OS(=O)(=O)[O-])[C@@H]3[C@H](OS(=O)(=O)[O-])[C@H]2O)[C@H]1O.[Na+].[Na+]. The van der Waals surface area contributed by atoms with Gasteiger partial charge in [0.25, 0.3) is 0 Å². The first-order valence-corrected chi connectivity index (χ1v) is 16.4. The molecule has 1 saturated carbocycles. The third-order valence-corrected chi connectivity index (χ3v) is 8.79. The van der Waals surface area contributed by atoms with Crippen molar-refractivity contribution in [1.29, 1.82) is 0 Å². The fourth-order valence-corrected chi connectivity index (χ4v) is 6.74. The largest absolute Gasteiger partial charge is 1.00 e. The number of aliphatic hydroxyl groups excluding tert-OH is 6. The number of fused-ring (bicyclic) bond motifs is 1. The Morgan fingerprint density at radius 2 is 1.36 bits per heavy atom. The summed E-state index contributed by atoms with van der Waals surface area (Å²) in [5.41, 5.74) is 0. The van der Waals surface area contributed by atoms with Crippen LogP contribution in [-0.4, -0.2) is 167 Å². The van der Waals surface area contributed by atoms with Crippen LogP contribution in [0, 0.1) is 5.92 Å². The van der Waals surface area contributed by atoms with Crippen molar-refractivity contribution >= 4 is 20.8 Å². The zero-order valence-corrected chi connectivity index (χ0v) is 31.3. The minimum atomic E-state index is -5.67. The van der Waals surface area contributed by atoms with Crippen LogP contribution in [0.2, 0.25) is 0 Å². The van der Waals surface area contributed by atoms with Crippen molar-refractivity contribution in [2.75, 3.05) is 13.2 Å². The first kappa shape index (κ1) is 44.4. The van der Waals surface area contributed by atoms with Crippen LogP contribution in [0.15, 0.2) is 0 Å². The van der Waals surface area contributed by atoms with E-state index in [0.29, 0.717) is 6.42 Å². The van der Waals surface area contributed by atoms with Gasteiger partial charge in [0.1, 0.15) is 54.9 Å². The van der Waals surface area contributed by atoms with E-state index >= 15 is 0 Å². The Morgan fingerprint density at radius 1 is 0.787 bits per heavy atom. The Morgan fingerprint density at radius 3 is 1.91 bits per heavy atom. The van der Waals surface area contributed by atoms with Crippen molar-refractivity contribution in [2.24, 2.45) is 5.92 Å². The molecule has 25 heteroatoms. The van der Waals surface area contributed by atoms with E-state index in [1.165, 1.54) is 6.92 Å². The van der Waals surface area contributed by atoms with Crippen molar-refractivity contribution in [3.05, 3.63) is 0 Å². The summed E-state index contributed by atoms with van der Waals surface area (Å²) in [6, 6.07) is 0. The molecular weight excluding hydrogens is 710 g/mol. The third kappa shape index (κ3) is 10.2. The van der Waals surface area contributed by atoms with Gasteiger partial charge in [0.15, 0.2) is 24.7 Å². The Kier molecular flexibility index (Phi) is 16.4. The molecule has 1 aliphatic carbocycles. The number of hydrogen-bond acceptors (Lipinski definition) is 21. The molecule has 0 aromatic rings. The molecule has 0 bridgehead atoms. The van der Waals surface area contributed by atoms with Crippen molar-refractivity contribution in [1.82, 2.24) is 0 Å². The van der Waals surface area contributed by atoms with E-state index in [1.54, 1.807) is 6.92 Å². The second-order valence-electron chi connectivity index (χ2n) is 11.0. The van der Waals surface area contributed by atoms with Gasteiger partial charge in [-0.3, -0.25) is 4.18 Å².